The number of benzene rings is 1. The molecule has 0 radical (unpaired) electrons. The molecule has 1 saturated carbocycles. The Labute approximate surface area is 119 Å². The number of carbonyl (C=O) groups is 2. The van der Waals surface area contributed by atoms with Crippen LogP contribution in [0.2, 0.25) is 5.02 Å². The maximum absolute atomic E-state index is 12.4. The van der Waals surface area contributed by atoms with E-state index in [-0.39, 0.29) is 23.5 Å². The van der Waals surface area contributed by atoms with E-state index in [2.05, 4.69) is 4.98 Å². The first-order valence-corrected chi connectivity index (χ1v) is 6.65. The molecular weight excluding hydrogens is 280 g/mol. The van der Waals surface area contributed by atoms with E-state index in [1.165, 1.54) is 10.9 Å². The fourth-order valence-corrected chi connectivity index (χ4v) is 2.66. The number of aromatic nitrogens is 2. The summed E-state index contributed by atoms with van der Waals surface area (Å²) in [7, 11) is 0. The second-order valence-electron chi connectivity index (χ2n) is 4.85. The first-order chi connectivity index (χ1) is 9.56. The molecule has 0 bridgehead atoms. The van der Waals surface area contributed by atoms with Gasteiger partial charge in [-0.1, -0.05) is 11.6 Å². The van der Waals surface area contributed by atoms with Crippen LogP contribution in [0.25, 0.3) is 10.9 Å². The van der Waals surface area contributed by atoms with Crippen LogP contribution in [0.3, 0.4) is 0 Å². The first kappa shape index (κ1) is 13.0. The third kappa shape index (κ3) is 2.14. The molecule has 0 spiro atoms. The molecule has 0 amide bonds. The number of carbonyl (C=O) groups excluding carboxylic acids is 2. The molecule has 1 aromatic carbocycles. The summed E-state index contributed by atoms with van der Waals surface area (Å²) >= 11 is 5.89. The predicted octanol–water partition coefficient (Wildman–Crippen LogP) is 1.91. The lowest BCUT2D eigenvalue weighted by Gasteiger charge is -2.21. The number of rotatable bonds is 1. The minimum absolute atomic E-state index is 0.0731. The number of ketones is 2. The van der Waals surface area contributed by atoms with Crippen molar-refractivity contribution in [1.29, 1.82) is 0 Å². The molecule has 1 fully saturated rings. The number of hydrogen-bond acceptors (Lipinski definition) is 4. The van der Waals surface area contributed by atoms with Crippen LogP contribution >= 0.6 is 11.6 Å². The Morgan fingerprint density at radius 3 is 2.80 bits per heavy atom. The van der Waals surface area contributed by atoms with Gasteiger partial charge in [-0.25, -0.2) is 4.98 Å². The molecule has 3 rings (SSSR count). The van der Waals surface area contributed by atoms with E-state index in [0.717, 1.165) is 0 Å². The maximum atomic E-state index is 12.4. The summed E-state index contributed by atoms with van der Waals surface area (Å²) < 4.78 is 1.31. The van der Waals surface area contributed by atoms with Crippen LogP contribution in [-0.2, 0) is 9.59 Å². The highest BCUT2D eigenvalue weighted by atomic mass is 35.5. The second kappa shape index (κ2) is 4.83. The van der Waals surface area contributed by atoms with Gasteiger partial charge in [0.05, 0.1) is 29.7 Å². The zero-order chi connectivity index (χ0) is 14.3. The van der Waals surface area contributed by atoms with Gasteiger partial charge in [-0.15, -0.1) is 0 Å². The molecule has 1 atom stereocenters. The van der Waals surface area contributed by atoms with Crippen molar-refractivity contribution in [2.75, 3.05) is 0 Å². The van der Waals surface area contributed by atoms with Crippen molar-refractivity contribution in [2.45, 2.75) is 25.3 Å². The second-order valence-corrected chi connectivity index (χ2v) is 5.29. The van der Waals surface area contributed by atoms with Crippen molar-refractivity contribution in [3.05, 3.63) is 39.9 Å². The molecule has 102 valence electrons. The van der Waals surface area contributed by atoms with Gasteiger partial charge in [-0.3, -0.25) is 19.0 Å². The van der Waals surface area contributed by atoms with Crippen molar-refractivity contribution < 1.29 is 9.59 Å². The quantitative estimate of drug-likeness (QED) is 0.752. The van der Waals surface area contributed by atoms with Gasteiger partial charge in [0.15, 0.2) is 5.78 Å². The third-order valence-corrected chi connectivity index (χ3v) is 3.76. The molecule has 1 aromatic heterocycles. The van der Waals surface area contributed by atoms with Gasteiger partial charge in [0.2, 0.25) is 0 Å². The van der Waals surface area contributed by atoms with E-state index < -0.39 is 6.04 Å². The predicted molar refractivity (Wildman–Crippen MR) is 73.9 cm³/mol. The summed E-state index contributed by atoms with van der Waals surface area (Å²) in [6.07, 6.45) is 1.93. The average molecular weight is 291 g/mol. The normalized spacial score (nSPS) is 19.6. The number of halogens is 1. The van der Waals surface area contributed by atoms with Crippen molar-refractivity contribution in [3.8, 4) is 0 Å². The molecule has 1 heterocycles. The molecule has 1 aliphatic rings. The van der Waals surface area contributed by atoms with Crippen molar-refractivity contribution in [3.63, 3.8) is 0 Å². The Bertz CT molecular complexity index is 782. The molecule has 5 nitrogen and oxygen atoms in total. The Hall–Kier alpha value is -2.01. The molecular formula is C14H11ClN2O3. The van der Waals surface area contributed by atoms with Crippen LogP contribution in [0, 0.1) is 0 Å². The van der Waals surface area contributed by atoms with Gasteiger partial charge in [-0.05, 0) is 24.6 Å². The maximum Gasteiger partial charge on any atom is 0.261 e. The van der Waals surface area contributed by atoms with E-state index in [9.17, 15) is 14.4 Å². The van der Waals surface area contributed by atoms with E-state index in [4.69, 9.17) is 11.6 Å². The van der Waals surface area contributed by atoms with Gasteiger partial charge in [0.1, 0.15) is 5.78 Å². The number of Topliss-reactive ketones (excluding diaryl/α,β-unsaturated/α-hetero) is 2. The molecule has 0 saturated heterocycles. The van der Waals surface area contributed by atoms with Gasteiger partial charge in [0, 0.05) is 11.4 Å². The van der Waals surface area contributed by atoms with Crippen molar-refractivity contribution >= 4 is 34.1 Å². The van der Waals surface area contributed by atoms with E-state index in [0.29, 0.717) is 28.8 Å². The molecule has 0 aliphatic heterocycles. The Balaban J connectivity index is 2.13. The van der Waals surface area contributed by atoms with E-state index in [1.54, 1.807) is 18.2 Å². The zero-order valence-electron chi connectivity index (χ0n) is 10.5. The minimum Gasteiger partial charge on any atom is -0.299 e. The lowest BCUT2D eigenvalue weighted by Crippen LogP contribution is -2.34. The van der Waals surface area contributed by atoms with Crippen LogP contribution in [0.5, 0.6) is 0 Å². The summed E-state index contributed by atoms with van der Waals surface area (Å²) in [5.74, 6) is -0.303. The number of fused-ring (bicyclic) bond motifs is 1. The summed E-state index contributed by atoms with van der Waals surface area (Å²) in [5.41, 5.74) is 0.236. The lowest BCUT2D eigenvalue weighted by atomic mass is 9.93. The Morgan fingerprint density at radius 2 is 2.05 bits per heavy atom. The summed E-state index contributed by atoms with van der Waals surface area (Å²) in [5, 5.41) is 0.823. The number of nitrogens with zero attached hydrogens (tertiary/aromatic N) is 2. The van der Waals surface area contributed by atoms with E-state index in [1.807, 2.05) is 0 Å². The Morgan fingerprint density at radius 1 is 1.25 bits per heavy atom. The van der Waals surface area contributed by atoms with Crippen LogP contribution in [-0.4, -0.2) is 21.1 Å². The highest BCUT2D eigenvalue weighted by molar-refractivity contribution is 6.31. The van der Waals surface area contributed by atoms with Gasteiger partial charge >= 0.3 is 0 Å². The molecule has 2 aromatic rings. The highest BCUT2D eigenvalue weighted by Gasteiger charge is 2.29. The number of hydrogen-bond donors (Lipinski definition) is 0. The fraction of sp³-hybridized carbons (Fsp3) is 0.286. The molecule has 6 heteroatoms. The van der Waals surface area contributed by atoms with Gasteiger partial charge in [0.25, 0.3) is 5.56 Å². The summed E-state index contributed by atoms with van der Waals surface area (Å²) in [4.78, 5) is 39.8. The van der Waals surface area contributed by atoms with Gasteiger partial charge < -0.3 is 0 Å². The molecule has 20 heavy (non-hydrogen) atoms. The van der Waals surface area contributed by atoms with Gasteiger partial charge in [-0.2, -0.15) is 0 Å². The zero-order valence-corrected chi connectivity index (χ0v) is 11.3. The SMILES string of the molecule is O=C1CCC(n2cnc3ccc(Cl)cc3c2=O)C(=O)C1. The highest BCUT2D eigenvalue weighted by Crippen LogP contribution is 2.23. The average Bonchev–Trinajstić information content (AvgIpc) is 2.41. The fourth-order valence-electron chi connectivity index (χ4n) is 2.48. The van der Waals surface area contributed by atoms with Crippen LogP contribution in [0.15, 0.2) is 29.3 Å². The molecule has 1 aliphatic carbocycles. The topological polar surface area (TPSA) is 69.0 Å². The third-order valence-electron chi connectivity index (χ3n) is 3.52. The molecule has 1 unspecified atom stereocenters. The monoisotopic (exact) mass is 290 g/mol. The first-order valence-electron chi connectivity index (χ1n) is 6.27. The minimum atomic E-state index is -0.601. The Kier molecular flexibility index (Phi) is 3.14. The van der Waals surface area contributed by atoms with Crippen molar-refractivity contribution in [1.82, 2.24) is 9.55 Å². The summed E-state index contributed by atoms with van der Waals surface area (Å²) in [6, 6.07) is 4.26. The van der Waals surface area contributed by atoms with Crippen LogP contribution in [0.1, 0.15) is 25.3 Å². The van der Waals surface area contributed by atoms with Crippen LogP contribution in [0.4, 0.5) is 0 Å². The summed E-state index contributed by atoms with van der Waals surface area (Å²) in [6.45, 7) is 0. The van der Waals surface area contributed by atoms with E-state index >= 15 is 0 Å². The molecule has 0 N–H and O–H groups in total. The standard InChI is InChI=1S/C14H11ClN2O3/c15-8-1-3-11-10(5-8)14(20)17(7-16-11)12-4-2-9(18)6-13(12)19/h1,3,5,7,12H,2,4,6H2. The van der Waals surface area contributed by atoms with Crippen molar-refractivity contribution in [2.24, 2.45) is 0 Å². The smallest absolute Gasteiger partial charge is 0.261 e. The largest absolute Gasteiger partial charge is 0.299 e. The van der Waals surface area contributed by atoms with Crippen LogP contribution < -0.4 is 5.56 Å². The lowest BCUT2D eigenvalue weighted by molar-refractivity contribution is -0.132.